The van der Waals surface area contributed by atoms with Gasteiger partial charge in [0.2, 0.25) is 0 Å². The summed E-state index contributed by atoms with van der Waals surface area (Å²) in [7, 11) is 0. The van der Waals surface area contributed by atoms with Gasteiger partial charge in [-0.05, 0) is 30.7 Å². The third-order valence-corrected chi connectivity index (χ3v) is 4.54. The van der Waals surface area contributed by atoms with Crippen molar-refractivity contribution in [2.24, 2.45) is 0 Å². The van der Waals surface area contributed by atoms with Crippen molar-refractivity contribution in [1.29, 1.82) is 0 Å². The summed E-state index contributed by atoms with van der Waals surface area (Å²) in [6, 6.07) is 7.47. The molecule has 2 aromatic heterocycles. The molecule has 0 saturated carbocycles. The van der Waals surface area contributed by atoms with Crippen LogP contribution in [0.1, 0.15) is 6.42 Å². The fourth-order valence-electron chi connectivity index (χ4n) is 3.13. The molecule has 0 bridgehead atoms. The predicted molar refractivity (Wildman–Crippen MR) is 109 cm³/mol. The average molecular weight is 407 g/mol. The Bertz CT molecular complexity index is 1010. The number of H-pyrrole nitrogens is 2. The summed E-state index contributed by atoms with van der Waals surface area (Å²) in [4.78, 5) is 35.0. The molecular weight excluding hydrogens is 384 g/mol. The van der Waals surface area contributed by atoms with Gasteiger partial charge in [0, 0.05) is 38.1 Å². The zero-order chi connectivity index (χ0) is 18.6. The van der Waals surface area contributed by atoms with Crippen molar-refractivity contribution in [1.82, 2.24) is 30.5 Å². The lowest BCUT2D eigenvalue weighted by Gasteiger charge is -2.27. The molecule has 1 fully saturated rings. The minimum absolute atomic E-state index is 0. The van der Waals surface area contributed by atoms with Crippen molar-refractivity contribution in [3.05, 3.63) is 34.7 Å². The molecule has 0 atom stereocenters. The second kappa shape index (κ2) is 8.94. The molecule has 2 amide bonds. The number of halogens is 1. The van der Waals surface area contributed by atoms with Crippen LogP contribution in [0.4, 0.5) is 4.79 Å². The minimum Gasteiger partial charge on any atom is -0.494 e. The number of pyridine rings is 1. The van der Waals surface area contributed by atoms with Gasteiger partial charge in [-0.25, -0.2) is 14.6 Å². The SMILES string of the molecule is Cl.O=C(NCCCOc1ccc2nc3[nH]c(=O)[nH]c3cc2c1)N1CCNCC1. The zero-order valence-corrected chi connectivity index (χ0v) is 16.1. The summed E-state index contributed by atoms with van der Waals surface area (Å²) in [5.41, 5.74) is 1.72. The maximum absolute atomic E-state index is 12.0. The number of nitrogens with one attached hydrogen (secondary N) is 4. The van der Waals surface area contributed by atoms with Crippen molar-refractivity contribution >= 4 is 40.5 Å². The van der Waals surface area contributed by atoms with Crippen LogP contribution in [-0.4, -0.2) is 65.2 Å². The van der Waals surface area contributed by atoms with E-state index in [1.54, 1.807) is 0 Å². The highest BCUT2D eigenvalue weighted by Gasteiger charge is 2.14. The lowest BCUT2D eigenvalue weighted by molar-refractivity contribution is 0.189. The largest absolute Gasteiger partial charge is 0.494 e. The summed E-state index contributed by atoms with van der Waals surface area (Å²) in [5, 5.41) is 7.04. The summed E-state index contributed by atoms with van der Waals surface area (Å²) in [6.07, 6.45) is 0.721. The predicted octanol–water partition coefficient (Wildman–Crippen LogP) is 1.21. The lowest BCUT2D eigenvalue weighted by atomic mass is 10.2. The number of ether oxygens (including phenoxy) is 1. The molecule has 10 heteroatoms. The van der Waals surface area contributed by atoms with E-state index in [2.05, 4.69) is 25.6 Å². The second-order valence-corrected chi connectivity index (χ2v) is 6.49. The van der Waals surface area contributed by atoms with Crippen molar-refractivity contribution < 1.29 is 9.53 Å². The van der Waals surface area contributed by atoms with Gasteiger partial charge in [-0.2, -0.15) is 0 Å². The zero-order valence-electron chi connectivity index (χ0n) is 15.3. The molecule has 0 radical (unpaired) electrons. The van der Waals surface area contributed by atoms with Crippen LogP contribution in [0, 0.1) is 0 Å². The normalized spacial score (nSPS) is 14.1. The number of hydrogen-bond donors (Lipinski definition) is 4. The van der Waals surface area contributed by atoms with Crippen molar-refractivity contribution in [2.45, 2.75) is 6.42 Å². The number of carbonyl (C=O) groups excluding carboxylic acids is 1. The molecule has 9 nitrogen and oxygen atoms in total. The number of nitrogens with zero attached hydrogens (tertiary/aromatic N) is 2. The second-order valence-electron chi connectivity index (χ2n) is 6.49. The fraction of sp³-hybridized carbons (Fsp3) is 0.389. The van der Waals surface area contributed by atoms with E-state index >= 15 is 0 Å². The van der Waals surface area contributed by atoms with Crippen LogP contribution in [0.3, 0.4) is 0 Å². The number of aromatic nitrogens is 3. The number of hydrogen-bond acceptors (Lipinski definition) is 5. The van der Waals surface area contributed by atoms with E-state index in [9.17, 15) is 9.59 Å². The van der Waals surface area contributed by atoms with Crippen molar-refractivity contribution in [2.75, 3.05) is 39.3 Å². The van der Waals surface area contributed by atoms with Crippen molar-refractivity contribution in [3.63, 3.8) is 0 Å². The maximum Gasteiger partial charge on any atom is 0.325 e. The number of imidazole rings is 1. The number of carbonyl (C=O) groups is 1. The summed E-state index contributed by atoms with van der Waals surface area (Å²) < 4.78 is 5.78. The monoisotopic (exact) mass is 406 g/mol. The van der Waals surface area contributed by atoms with Crippen LogP contribution in [-0.2, 0) is 0 Å². The number of fused-ring (bicyclic) bond motifs is 2. The van der Waals surface area contributed by atoms with E-state index in [-0.39, 0.29) is 24.1 Å². The first-order chi connectivity index (χ1) is 13.2. The topological polar surface area (TPSA) is 115 Å². The quantitative estimate of drug-likeness (QED) is 0.475. The highest BCUT2D eigenvalue weighted by molar-refractivity contribution is 5.90. The molecule has 3 heterocycles. The molecular formula is C18H23ClN6O3. The Morgan fingerprint density at radius 2 is 2.04 bits per heavy atom. The lowest BCUT2D eigenvalue weighted by Crippen LogP contribution is -2.50. The van der Waals surface area contributed by atoms with Gasteiger partial charge in [-0.15, -0.1) is 12.4 Å². The number of urea groups is 1. The Morgan fingerprint density at radius 3 is 2.86 bits per heavy atom. The molecule has 1 aromatic carbocycles. The van der Waals surface area contributed by atoms with E-state index in [1.807, 2.05) is 29.2 Å². The summed E-state index contributed by atoms with van der Waals surface area (Å²) >= 11 is 0. The van der Waals surface area contributed by atoms with Crippen LogP contribution >= 0.6 is 12.4 Å². The van der Waals surface area contributed by atoms with Crippen LogP contribution in [0.15, 0.2) is 29.1 Å². The third-order valence-electron chi connectivity index (χ3n) is 4.54. The molecule has 1 saturated heterocycles. The average Bonchev–Trinajstić information content (AvgIpc) is 3.05. The number of benzene rings is 1. The van der Waals surface area contributed by atoms with Crippen LogP contribution in [0.25, 0.3) is 22.1 Å². The molecule has 4 rings (SSSR count). The number of rotatable bonds is 5. The summed E-state index contributed by atoms with van der Waals surface area (Å²) in [5.74, 6) is 0.731. The molecule has 3 aromatic rings. The first-order valence-electron chi connectivity index (χ1n) is 9.08. The van der Waals surface area contributed by atoms with Gasteiger partial charge in [0.25, 0.3) is 0 Å². The van der Waals surface area contributed by atoms with Gasteiger partial charge >= 0.3 is 11.7 Å². The minimum atomic E-state index is -0.271. The van der Waals surface area contributed by atoms with Gasteiger partial charge in [0.1, 0.15) is 5.75 Å². The van der Waals surface area contributed by atoms with Gasteiger partial charge in [0.15, 0.2) is 5.65 Å². The Hall–Kier alpha value is -2.78. The van der Waals surface area contributed by atoms with Gasteiger partial charge in [-0.1, -0.05) is 0 Å². The first kappa shape index (κ1) is 20.0. The Kier molecular flexibility index (Phi) is 6.37. The maximum atomic E-state index is 12.0. The van der Waals surface area contributed by atoms with Crippen molar-refractivity contribution in [3.8, 4) is 5.75 Å². The molecule has 150 valence electrons. The fourth-order valence-corrected chi connectivity index (χ4v) is 3.13. The number of amides is 2. The summed E-state index contributed by atoms with van der Waals surface area (Å²) in [6.45, 7) is 4.25. The molecule has 0 aliphatic carbocycles. The molecule has 0 spiro atoms. The number of piperazine rings is 1. The van der Waals surface area contributed by atoms with E-state index in [0.29, 0.717) is 24.3 Å². The smallest absolute Gasteiger partial charge is 0.325 e. The van der Waals surface area contributed by atoms with Gasteiger partial charge in [-0.3, -0.25) is 4.98 Å². The highest BCUT2D eigenvalue weighted by atomic mass is 35.5. The highest BCUT2D eigenvalue weighted by Crippen LogP contribution is 2.22. The van der Waals surface area contributed by atoms with Gasteiger partial charge < -0.3 is 25.3 Å². The molecule has 28 heavy (non-hydrogen) atoms. The Morgan fingerprint density at radius 1 is 1.21 bits per heavy atom. The molecule has 0 unspecified atom stereocenters. The Balaban J connectivity index is 0.00000225. The van der Waals surface area contributed by atoms with E-state index in [4.69, 9.17) is 4.74 Å². The van der Waals surface area contributed by atoms with Gasteiger partial charge in [0.05, 0.1) is 17.6 Å². The molecule has 4 N–H and O–H groups in total. The molecule has 1 aliphatic rings. The Labute approximate surface area is 167 Å². The third kappa shape index (κ3) is 4.55. The van der Waals surface area contributed by atoms with E-state index < -0.39 is 0 Å². The van der Waals surface area contributed by atoms with E-state index in [0.717, 1.165) is 49.3 Å². The standard InChI is InChI=1S/C18H22N6O3.ClH/c25-17-22-15-11-12-10-13(2-3-14(12)21-16(15)23-17)27-9-1-4-20-18(26)24-7-5-19-6-8-24;/h2-3,10-11,19H,1,4-9H2,(H,20,26)(H2,21,22,23,25);1H. The molecule has 1 aliphatic heterocycles. The van der Waals surface area contributed by atoms with Crippen LogP contribution < -0.4 is 21.1 Å². The van der Waals surface area contributed by atoms with E-state index in [1.165, 1.54) is 0 Å². The van der Waals surface area contributed by atoms with Crippen LogP contribution in [0.5, 0.6) is 5.75 Å². The van der Waals surface area contributed by atoms with Crippen LogP contribution in [0.2, 0.25) is 0 Å². The first-order valence-corrected chi connectivity index (χ1v) is 9.08. The number of aromatic amines is 2.